The third-order valence-corrected chi connectivity index (χ3v) is 4.96. The van der Waals surface area contributed by atoms with Gasteiger partial charge in [-0.05, 0) is 46.2 Å². The Kier molecular flexibility index (Phi) is 3.05. The molecule has 0 fully saturated rings. The van der Waals surface area contributed by atoms with Crippen molar-refractivity contribution in [1.29, 1.82) is 0 Å². The molecule has 2 heteroatoms. The summed E-state index contributed by atoms with van der Waals surface area (Å²) in [7, 11) is 13.1. The highest BCUT2D eigenvalue weighted by atomic mass is 14.5. The second kappa shape index (κ2) is 3.93. The maximum atomic E-state index is 6.73. The molecule has 98 valence electrons. The molecule has 0 saturated carbocycles. The van der Waals surface area contributed by atoms with Crippen molar-refractivity contribution in [2.24, 2.45) is 5.41 Å². The largest absolute Gasteiger partial charge is 0.114 e. The third-order valence-electron chi connectivity index (χ3n) is 4.96. The molecule has 0 saturated heterocycles. The Bertz CT molecular complexity index is 531. The van der Waals surface area contributed by atoms with Gasteiger partial charge in [0.05, 0.1) is 7.85 Å². The molecule has 1 aliphatic carbocycles. The second-order valence-corrected chi connectivity index (χ2v) is 8.03. The van der Waals surface area contributed by atoms with Gasteiger partial charge in [-0.1, -0.05) is 58.6 Å². The highest BCUT2D eigenvalue weighted by Crippen LogP contribution is 2.52. The van der Waals surface area contributed by atoms with Crippen molar-refractivity contribution in [3.8, 4) is 0 Å². The standard InChI is InChI=1S/C17H24B2/c1-10-8-11-9-16(5,6)17(7,19)12(11)13(14(10)18)15(2,3)4/h8H,9H2,1-7H3. The highest BCUT2D eigenvalue weighted by molar-refractivity contribution is 6.35. The molecule has 0 N–H and O–H groups in total. The Morgan fingerprint density at radius 3 is 2.16 bits per heavy atom. The number of hydrogen-bond acceptors (Lipinski definition) is 0. The molecule has 0 heterocycles. The highest BCUT2D eigenvalue weighted by Gasteiger charge is 2.47. The fraction of sp³-hybridized carbons (Fsp3) is 0.647. The van der Waals surface area contributed by atoms with Gasteiger partial charge in [0.15, 0.2) is 0 Å². The average molecular weight is 250 g/mol. The number of hydrogen-bond donors (Lipinski definition) is 0. The molecule has 0 aliphatic heterocycles. The lowest BCUT2D eigenvalue weighted by Gasteiger charge is -2.40. The summed E-state index contributed by atoms with van der Waals surface area (Å²) in [6, 6.07) is 2.24. The molecular weight excluding hydrogens is 226 g/mol. The first kappa shape index (κ1) is 14.8. The number of benzene rings is 1. The Morgan fingerprint density at radius 2 is 1.68 bits per heavy atom. The van der Waals surface area contributed by atoms with Crippen LogP contribution in [0.5, 0.6) is 0 Å². The fourth-order valence-corrected chi connectivity index (χ4v) is 3.41. The topological polar surface area (TPSA) is 0 Å². The van der Waals surface area contributed by atoms with Crippen LogP contribution < -0.4 is 5.46 Å². The van der Waals surface area contributed by atoms with Crippen LogP contribution in [0.2, 0.25) is 0 Å². The Labute approximate surface area is 121 Å². The molecule has 19 heavy (non-hydrogen) atoms. The zero-order chi connectivity index (χ0) is 14.8. The van der Waals surface area contributed by atoms with Crippen LogP contribution in [-0.4, -0.2) is 15.7 Å². The van der Waals surface area contributed by atoms with Crippen LogP contribution in [0.15, 0.2) is 6.07 Å². The van der Waals surface area contributed by atoms with Crippen LogP contribution in [0.3, 0.4) is 0 Å². The minimum atomic E-state index is -0.327. The van der Waals surface area contributed by atoms with Crippen molar-refractivity contribution >= 4 is 21.2 Å². The zero-order valence-corrected chi connectivity index (χ0v) is 13.4. The van der Waals surface area contributed by atoms with Crippen LogP contribution in [-0.2, 0) is 17.2 Å². The van der Waals surface area contributed by atoms with E-state index >= 15 is 0 Å². The maximum Gasteiger partial charge on any atom is 0.114 e. The van der Waals surface area contributed by atoms with Gasteiger partial charge in [-0.3, -0.25) is 0 Å². The molecule has 1 atom stereocenters. The van der Waals surface area contributed by atoms with Crippen molar-refractivity contribution in [3.63, 3.8) is 0 Å². The Hall–Kier alpha value is -0.650. The first-order chi connectivity index (χ1) is 8.39. The SMILES string of the molecule is [B]c1c(C)cc2c(c1C(C)(C)C)C([B])(C)C(C)(C)C2. The molecule has 1 aromatic rings. The first-order valence-electron chi connectivity index (χ1n) is 7.11. The molecule has 2 rings (SSSR count). The van der Waals surface area contributed by atoms with Crippen LogP contribution in [0.4, 0.5) is 0 Å². The van der Waals surface area contributed by atoms with Crippen molar-refractivity contribution < 1.29 is 0 Å². The van der Waals surface area contributed by atoms with E-state index in [1.54, 1.807) is 0 Å². The molecular formula is C17H24B2. The monoisotopic (exact) mass is 250 g/mol. The van der Waals surface area contributed by atoms with Crippen LogP contribution in [0, 0.1) is 12.3 Å². The van der Waals surface area contributed by atoms with Gasteiger partial charge < -0.3 is 0 Å². The summed E-state index contributed by atoms with van der Waals surface area (Å²) in [4.78, 5) is 0. The lowest BCUT2D eigenvalue weighted by molar-refractivity contribution is 0.288. The van der Waals surface area contributed by atoms with E-state index in [0.29, 0.717) is 0 Å². The molecule has 0 nitrogen and oxygen atoms in total. The zero-order valence-electron chi connectivity index (χ0n) is 13.4. The van der Waals surface area contributed by atoms with Gasteiger partial charge >= 0.3 is 0 Å². The van der Waals surface area contributed by atoms with E-state index in [-0.39, 0.29) is 16.1 Å². The quantitative estimate of drug-likeness (QED) is 0.621. The summed E-state index contributed by atoms with van der Waals surface area (Å²) >= 11 is 0. The van der Waals surface area contributed by atoms with E-state index in [0.717, 1.165) is 11.9 Å². The van der Waals surface area contributed by atoms with Gasteiger partial charge in [-0.15, -0.1) is 0 Å². The molecule has 4 radical (unpaired) electrons. The van der Waals surface area contributed by atoms with Crippen molar-refractivity contribution in [2.75, 3.05) is 0 Å². The second-order valence-electron chi connectivity index (χ2n) is 8.03. The summed E-state index contributed by atoms with van der Waals surface area (Å²) in [5, 5.41) is -0.327. The van der Waals surface area contributed by atoms with Gasteiger partial charge in [0.1, 0.15) is 7.85 Å². The van der Waals surface area contributed by atoms with Crippen LogP contribution in [0.1, 0.15) is 63.8 Å². The Morgan fingerprint density at radius 1 is 1.16 bits per heavy atom. The molecule has 1 aromatic carbocycles. The van der Waals surface area contributed by atoms with Gasteiger partial charge in [0, 0.05) is 0 Å². The van der Waals surface area contributed by atoms with E-state index in [2.05, 4.69) is 54.5 Å². The summed E-state index contributed by atoms with van der Waals surface area (Å²) < 4.78 is 0. The first-order valence-corrected chi connectivity index (χ1v) is 7.11. The maximum absolute atomic E-state index is 6.73. The van der Waals surface area contributed by atoms with Crippen molar-refractivity contribution in [2.45, 2.75) is 65.6 Å². The van der Waals surface area contributed by atoms with E-state index in [9.17, 15) is 0 Å². The van der Waals surface area contributed by atoms with E-state index in [1.807, 2.05) is 0 Å². The molecule has 1 aliphatic rings. The van der Waals surface area contributed by atoms with Crippen LogP contribution >= 0.6 is 0 Å². The smallest absolute Gasteiger partial charge is 0.0899 e. The minimum Gasteiger partial charge on any atom is -0.0899 e. The normalized spacial score (nSPS) is 25.4. The lowest BCUT2D eigenvalue weighted by atomic mass is 9.52. The average Bonchev–Trinajstić information content (AvgIpc) is 2.35. The molecule has 0 aromatic heterocycles. The van der Waals surface area contributed by atoms with Crippen molar-refractivity contribution in [1.82, 2.24) is 0 Å². The summed E-state index contributed by atoms with van der Waals surface area (Å²) in [5.41, 5.74) is 6.09. The van der Waals surface area contributed by atoms with Gasteiger partial charge in [0.25, 0.3) is 0 Å². The summed E-state index contributed by atoms with van der Waals surface area (Å²) in [5.74, 6) is 0. The van der Waals surface area contributed by atoms with Gasteiger partial charge in [0.2, 0.25) is 0 Å². The number of aryl methyl sites for hydroxylation is 1. The lowest BCUT2D eigenvalue weighted by Crippen LogP contribution is -2.39. The summed E-state index contributed by atoms with van der Waals surface area (Å²) in [6.07, 6.45) is 1.03. The summed E-state index contributed by atoms with van der Waals surface area (Å²) in [6.45, 7) is 15.4. The molecule has 0 amide bonds. The molecule has 1 unspecified atom stereocenters. The third kappa shape index (κ3) is 1.99. The van der Waals surface area contributed by atoms with E-state index in [4.69, 9.17) is 15.7 Å². The molecule has 0 spiro atoms. The fourth-order valence-electron chi connectivity index (χ4n) is 3.41. The predicted octanol–water partition coefficient (Wildman–Crippen LogP) is 3.05. The Balaban J connectivity index is 2.86. The number of rotatable bonds is 0. The number of fused-ring (bicyclic) bond motifs is 1. The minimum absolute atomic E-state index is 0.0151. The van der Waals surface area contributed by atoms with Gasteiger partial charge in [-0.25, -0.2) is 0 Å². The van der Waals surface area contributed by atoms with Gasteiger partial charge in [-0.2, -0.15) is 0 Å². The van der Waals surface area contributed by atoms with E-state index in [1.165, 1.54) is 22.3 Å². The van der Waals surface area contributed by atoms with Crippen molar-refractivity contribution in [3.05, 3.63) is 28.3 Å². The molecule has 0 bridgehead atoms. The predicted molar refractivity (Wildman–Crippen MR) is 85.9 cm³/mol. The van der Waals surface area contributed by atoms with Crippen LogP contribution in [0.25, 0.3) is 0 Å². The van der Waals surface area contributed by atoms with E-state index < -0.39 is 0 Å².